The third kappa shape index (κ3) is 3.67. The molecule has 0 aliphatic heterocycles. The highest BCUT2D eigenvalue weighted by atomic mass is 79.9. The van der Waals surface area contributed by atoms with Gasteiger partial charge in [0.15, 0.2) is 0 Å². The molecule has 0 atom stereocenters. The van der Waals surface area contributed by atoms with Gasteiger partial charge in [-0.05, 0) is 67.3 Å². The Morgan fingerprint density at radius 1 is 0.880 bits per heavy atom. The number of hydrogen-bond acceptors (Lipinski definition) is 0. The molecule has 0 amide bonds. The minimum absolute atomic E-state index is 0.0740. The molecule has 3 rings (SSSR count). The molecule has 0 saturated heterocycles. The lowest BCUT2D eigenvalue weighted by molar-refractivity contribution is -0.138. The van der Waals surface area contributed by atoms with Gasteiger partial charge >= 0.3 is 6.18 Å². The van der Waals surface area contributed by atoms with Gasteiger partial charge in [-0.2, -0.15) is 13.2 Å². The molecule has 7 heteroatoms. The van der Waals surface area contributed by atoms with Crippen molar-refractivity contribution in [2.24, 2.45) is 0 Å². The molecule has 0 radical (unpaired) electrons. The average molecular weight is 477 g/mol. The third-order valence-electron chi connectivity index (χ3n) is 3.73. The van der Waals surface area contributed by atoms with Crippen LogP contribution in [0.2, 0.25) is 0 Å². The highest BCUT2D eigenvalue weighted by Gasteiger charge is 2.40. The summed E-state index contributed by atoms with van der Waals surface area (Å²) in [5.74, 6) is -0.448. The second kappa shape index (κ2) is 6.96. The molecule has 0 spiro atoms. The van der Waals surface area contributed by atoms with Crippen LogP contribution in [0.5, 0.6) is 0 Å². The van der Waals surface area contributed by atoms with Crippen molar-refractivity contribution in [1.82, 2.24) is 4.57 Å². The largest absolute Gasteiger partial charge is 0.420 e. The van der Waals surface area contributed by atoms with Crippen LogP contribution in [0.3, 0.4) is 0 Å². The fraction of sp³-hybridized carbons (Fsp3) is 0.111. The molecule has 0 saturated carbocycles. The molecule has 3 aromatic rings. The fourth-order valence-corrected chi connectivity index (χ4v) is 4.45. The first-order chi connectivity index (χ1) is 11.8. The van der Waals surface area contributed by atoms with E-state index >= 15 is 0 Å². The van der Waals surface area contributed by atoms with Gasteiger partial charge in [-0.1, -0.05) is 30.3 Å². The van der Waals surface area contributed by atoms with Crippen molar-refractivity contribution in [2.45, 2.75) is 12.7 Å². The molecule has 0 N–H and O–H groups in total. The number of alkyl halides is 3. The van der Waals surface area contributed by atoms with Crippen LogP contribution in [0.25, 0.3) is 11.3 Å². The number of benzene rings is 2. The van der Waals surface area contributed by atoms with Gasteiger partial charge < -0.3 is 4.57 Å². The van der Waals surface area contributed by atoms with Crippen molar-refractivity contribution < 1.29 is 17.6 Å². The maximum Gasteiger partial charge on any atom is 0.420 e. The van der Waals surface area contributed by atoms with Crippen LogP contribution in [0.4, 0.5) is 17.6 Å². The molecule has 1 heterocycles. The molecule has 0 fully saturated rings. The summed E-state index contributed by atoms with van der Waals surface area (Å²) in [5, 5.41) is 0. The van der Waals surface area contributed by atoms with E-state index in [1.54, 1.807) is 0 Å². The second-order valence-corrected chi connectivity index (χ2v) is 6.95. The molecule has 1 nitrogen and oxygen atoms in total. The quantitative estimate of drug-likeness (QED) is 0.363. The molecule has 0 aliphatic carbocycles. The summed E-state index contributed by atoms with van der Waals surface area (Å²) in [6, 6.07) is 14.5. The van der Waals surface area contributed by atoms with Gasteiger partial charge in [0.05, 0.1) is 14.8 Å². The topological polar surface area (TPSA) is 4.93 Å². The number of halogens is 6. The first-order valence-corrected chi connectivity index (χ1v) is 8.82. The standard InChI is InChI=1S/C18H11Br2F4N/c19-15-14(18(22,23)24)17(20)25(10-11-4-2-1-3-5-11)16(15)12-6-8-13(21)9-7-12/h1-9H,10H2. The minimum Gasteiger partial charge on any atom is -0.329 e. The Labute approximate surface area is 158 Å². The second-order valence-electron chi connectivity index (χ2n) is 5.40. The van der Waals surface area contributed by atoms with Crippen molar-refractivity contribution in [3.63, 3.8) is 0 Å². The van der Waals surface area contributed by atoms with Gasteiger partial charge in [-0.3, -0.25) is 0 Å². The van der Waals surface area contributed by atoms with Crippen molar-refractivity contribution in [3.8, 4) is 11.3 Å². The summed E-state index contributed by atoms with van der Waals surface area (Å²) in [6.45, 7) is 0.239. The monoisotopic (exact) mass is 475 g/mol. The zero-order valence-corrected chi connectivity index (χ0v) is 15.8. The van der Waals surface area contributed by atoms with Crippen molar-refractivity contribution in [3.05, 3.63) is 80.6 Å². The summed E-state index contributed by atoms with van der Waals surface area (Å²) in [5.41, 5.74) is 0.883. The van der Waals surface area contributed by atoms with E-state index in [2.05, 4.69) is 31.9 Å². The molecule has 0 bridgehead atoms. The van der Waals surface area contributed by atoms with E-state index in [0.717, 1.165) is 5.56 Å². The predicted octanol–water partition coefficient (Wildman–Crippen LogP) is 6.89. The van der Waals surface area contributed by atoms with Crippen LogP contribution in [0, 0.1) is 5.82 Å². The van der Waals surface area contributed by atoms with Gasteiger partial charge in [0.25, 0.3) is 0 Å². The Kier molecular flexibility index (Phi) is 5.06. The molecule has 0 aliphatic rings. The van der Waals surface area contributed by atoms with Crippen LogP contribution < -0.4 is 0 Å². The highest BCUT2D eigenvalue weighted by molar-refractivity contribution is 9.11. The number of rotatable bonds is 3. The fourth-order valence-electron chi connectivity index (χ4n) is 2.61. The summed E-state index contributed by atoms with van der Waals surface area (Å²) in [4.78, 5) is 0. The van der Waals surface area contributed by atoms with E-state index in [4.69, 9.17) is 0 Å². The molecular weight excluding hydrogens is 466 g/mol. The Hall–Kier alpha value is -1.60. The average Bonchev–Trinajstić information content (AvgIpc) is 2.80. The van der Waals surface area contributed by atoms with E-state index in [1.807, 2.05) is 30.3 Å². The Balaban J connectivity index is 2.22. The normalized spacial score (nSPS) is 11.8. The number of hydrogen-bond donors (Lipinski definition) is 0. The lowest BCUT2D eigenvalue weighted by atomic mass is 10.1. The van der Waals surface area contributed by atoms with Gasteiger partial charge in [-0.25, -0.2) is 4.39 Å². The summed E-state index contributed by atoms with van der Waals surface area (Å²) in [7, 11) is 0. The van der Waals surface area contributed by atoms with Gasteiger partial charge in [0.2, 0.25) is 0 Å². The lowest BCUT2D eigenvalue weighted by Crippen LogP contribution is -2.07. The first-order valence-electron chi connectivity index (χ1n) is 7.23. The van der Waals surface area contributed by atoms with Crippen LogP contribution in [0.1, 0.15) is 11.1 Å². The predicted molar refractivity (Wildman–Crippen MR) is 95.8 cm³/mol. The zero-order valence-electron chi connectivity index (χ0n) is 12.6. The molecule has 130 valence electrons. The van der Waals surface area contributed by atoms with E-state index in [1.165, 1.54) is 28.8 Å². The highest BCUT2D eigenvalue weighted by Crippen LogP contribution is 2.46. The lowest BCUT2D eigenvalue weighted by Gasteiger charge is -2.12. The summed E-state index contributed by atoms with van der Waals surface area (Å²) in [6.07, 6.45) is -4.53. The van der Waals surface area contributed by atoms with Crippen LogP contribution in [-0.2, 0) is 12.7 Å². The Bertz CT molecular complexity index is 884. The summed E-state index contributed by atoms with van der Waals surface area (Å²) >= 11 is 6.19. The smallest absolute Gasteiger partial charge is 0.329 e. The van der Waals surface area contributed by atoms with Crippen LogP contribution in [0.15, 0.2) is 63.7 Å². The van der Waals surface area contributed by atoms with E-state index < -0.39 is 17.6 Å². The van der Waals surface area contributed by atoms with Crippen molar-refractivity contribution >= 4 is 31.9 Å². The summed E-state index contributed by atoms with van der Waals surface area (Å²) < 4.78 is 55.1. The Morgan fingerprint density at radius 2 is 1.48 bits per heavy atom. The number of aromatic nitrogens is 1. The molecule has 0 unspecified atom stereocenters. The Morgan fingerprint density at radius 3 is 2.04 bits per heavy atom. The van der Waals surface area contributed by atoms with Gasteiger partial charge in [0.1, 0.15) is 11.4 Å². The molecule has 2 aromatic carbocycles. The minimum atomic E-state index is -4.53. The first kappa shape index (κ1) is 18.2. The van der Waals surface area contributed by atoms with Crippen molar-refractivity contribution in [1.29, 1.82) is 0 Å². The molecular formula is C18H11Br2F4N. The van der Waals surface area contributed by atoms with Gasteiger partial charge in [0, 0.05) is 6.54 Å². The SMILES string of the molecule is Fc1ccc(-c2c(Br)c(C(F)(F)F)c(Br)n2Cc2ccccc2)cc1. The third-order valence-corrected chi connectivity index (χ3v) is 5.32. The number of nitrogens with zero attached hydrogens (tertiary/aromatic N) is 1. The zero-order chi connectivity index (χ0) is 18.2. The molecule has 1 aromatic heterocycles. The van der Waals surface area contributed by atoms with Crippen molar-refractivity contribution in [2.75, 3.05) is 0 Å². The maximum atomic E-state index is 13.5. The van der Waals surface area contributed by atoms with E-state index in [0.29, 0.717) is 11.3 Å². The maximum absolute atomic E-state index is 13.5. The van der Waals surface area contributed by atoms with Gasteiger partial charge in [-0.15, -0.1) is 0 Å². The van der Waals surface area contributed by atoms with E-state index in [-0.39, 0.29) is 15.6 Å². The van der Waals surface area contributed by atoms with E-state index in [9.17, 15) is 17.6 Å². The molecule has 25 heavy (non-hydrogen) atoms. The van der Waals surface area contributed by atoms with Crippen LogP contribution in [-0.4, -0.2) is 4.57 Å². The van der Waals surface area contributed by atoms with Crippen LogP contribution >= 0.6 is 31.9 Å².